The normalized spacial score (nSPS) is 11.9. The van der Waals surface area contributed by atoms with Crippen LogP contribution in [0.1, 0.15) is 19.1 Å². The van der Waals surface area contributed by atoms with E-state index in [9.17, 15) is 4.39 Å². The number of aliphatic hydroxyl groups is 1. The van der Waals surface area contributed by atoms with Gasteiger partial charge in [-0.3, -0.25) is 0 Å². The Hall–Kier alpha value is -1.36. The minimum Gasteiger partial charge on any atom is -0.460 e. The molecule has 0 fully saturated rings. The van der Waals surface area contributed by atoms with E-state index in [0.29, 0.717) is 12.3 Å². The maximum Gasteiger partial charge on any atom is 0.134 e. The summed E-state index contributed by atoms with van der Waals surface area (Å²) in [6.45, 7) is 2.70. The zero-order valence-corrected chi connectivity index (χ0v) is 12.1. The highest BCUT2D eigenvalue weighted by molar-refractivity contribution is 5.85. The molecule has 1 unspecified atom stereocenters. The maximum atomic E-state index is 12.8. The average molecular weight is 300 g/mol. The lowest BCUT2D eigenvalue weighted by atomic mass is 10.2. The second-order valence-electron chi connectivity index (χ2n) is 4.44. The molecule has 1 aromatic carbocycles. The van der Waals surface area contributed by atoms with Crippen LogP contribution >= 0.6 is 12.4 Å². The molecule has 2 rings (SSSR count). The monoisotopic (exact) mass is 299 g/mol. The predicted octanol–water partition coefficient (Wildman–Crippen LogP) is 3.37. The van der Waals surface area contributed by atoms with Gasteiger partial charge in [-0.1, -0.05) is 6.92 Å². The summed E-state index contributed by atoms with van der Waals surface area (Å²) in [7, 11) is 0. The van der Waals surface area contributed by atoms with Crippen molar-refractivity contribution < 1.29 is 13.9 Å². The Morgan fingerprint density at radius 1 is 1.20 bits per heavy atom. The number of hydrogen-bond donors (Lipinski definition) is 2. The highest BCUT2D eigenvalue weighted by Crippen LogP contribution is 2.22. The Bertz CT molecular complexity index is 509. The van der Waals surface area contributed by atoms with Crippen molar-refractivity contribution in [3.8, 4) is 11.3 Å². The van der Waals surface area contributed by atoms with E-state index in [4.69, 9.17) is 9.52 Å². The molecule has 1 atom stereocenters. The molecular weight excluding hydrogens is 281 g/mol. The first-order valence-electron chi connectivity index (χ1n) is 6.41. The fourth-order valence-corrected chi connectivity index (χ4v) is 1.83. The van der Waals surface area contributed by atoms with Crippen LogP contribution < -0.4 is 5.32 Å². The summed E-state index contributed by atoms with van der Waals surface area (Å²) in [4.78, 5) is 0. The van der Waals surface area contributed by atoms with Crippen molar-refractivity contribution in [1.82, 2.24) is 5.32 Å². The van der Waals surface area contributed by atoms with Gasteiger partial charge in [0.25, 0.3) is 0 Å². The van der Waals surface area contributed by atoms with E-state index < -0.39 is 0 Å². The average Bonchev–Trinajstić information content (AvgIpc) is 2.89. The van der Waals surface area contributed by atoms with E-state index in [0.717, 1.165) is 17.7 Å². The van der Waals surface area contributed by atoms with Crippen molar-refractivity contribution in [1.29, 1.82) is 0 Å². The van der Waals surface area contributed by atoms with Crippen LogP contribution in [0.2, 0.25) is 0 Å². The van der Waals surface area contributed by atoms with Gasteiger partial charge in [-0.15, -0.1) is 12.4 Å². The molecule has 2 aromatic rings. The maximum absolute atomic E-state index is 12.8. The summed E-state index contributed by atoms with van der Waals surface area (Å²) in [6, 6.07) is 10.0. The second kappa shape index (κ2) is 8.04. The van der Waals surface area contributed by atoms with Crippen LogP contribution in [0.15, 0.2) is 40.8 Å². The Balaban J connectivity index is 0.00000200. The molecular formula is C15H19ClFNO2. The minimum absolute atomic E-state index is 0. The van der Waals surface area contributed by atoms with Crippen molar-refractivity contribution >= 4 is 12.4 Å². The van der Waals surface area contributed by atoms with E-state index in [1.165, 1.54) is 12.1 Å². The molecule has 0 saturated carbocycles. The van der Waals surface area contributed by atoms with Gasteiger partial charge in [0.05, 0.1) is 13.2 Å². The van der Waals surface area contributed by atoms with E-state index in [-0.39, 0.29) is 30.9 Å². The summed E-state index contributed by atoms with van der Waals surface area (Å²) in [5, 5.41) is 12.3. The molecule has 0 spiro atoms. The molecule has 2 N–H and O–H groups in total. The van der Waals surface area contributed by atoms with Gasteiger partial charge in [-0.2, -0.15) is 0 Å². The summed E-state index contributed by atoms with van der Waals surface area (Å²) >= 11 is 0. The van der Waals surface area contributed by atoms with Gasteiger partial charge < -0.3 is 14.8 Å². The van der Waals surface area contributed by atoms with E-state index in [1.54, 1.807) is 12.1 Å². The fraction of sp³-hybridized carbons (Fsp3) is 0.333. The SMILES string of the molecule is CCC(CO)NCc1ccc(-c2ccc(F)cc2)o1.Cl. The number of halogens is 2. The number of hydrogen-bond acceptors (Lipinski definition) is 3. The Kier molecular flexibility index (Phi) is 6.71. The molecule has 0 amide bonds. The number of furan rings is 1. The van der Waals surface area contributed by atoms with Gasteiger partial charge in [0.15, 0.2) is 0 Å². The predicted molar refractivity (Wildman–Crippen MR) is 79.4 cm³/mol. The zero-order valence-electron chi connectivity index (χ0n) is 11.3. The van der Waals surface area contributed by atoms with Crippen LogP contribution in [0.5, 0.6) is 0 Å². The highest BCUT2D eigenvalue weighted by atomic mass is 35.5. The lowest BCUT2D eigenvalue weighted by Gasteiger charge is -2.12. The van der Waals surface area contributed by atoms with Gasteiger partial charge in [0.2, 0.25) is 0 Å². The molecule has 0 aliphatic rings. The number of aliphatic hydroxyl groups excluding tert-OH is 1. The van der Waals surface area contributed by atoms with Crippen LogP contribution in [0, 0.1) is 5.82 Å². The molecule has 1 aromatic heterocycles. The molecule has 1 heterocycles. The Morgan fingerprint density at radius 3 is 2.50 bits per heavy atom. The van der Waals surface area contributed by atoms with E-state index in [1.807, 2.05) is 19.1 Å². The van der Waals surface area contributed by atoms with Gasteiger partial charge in [-0.25, -0.2) is 4.39 Å². The van der Waals surface area contributed by atoms with Crippen LogP contribution in [0.3, 0.4) is 0 Å². The molecule has 0 bridgehead atoms. The van der Waals surface area contributed by atoms with Crippen molar-refractivity contribution in [3.63, 3.8) is 0 Å². The molecule has 0 saturated heterocycles. The van der Waals surface area contributed by atoms with Crippen LogP contribution in [-0.2, 0) is 6.54 Å². The largest absolute Gasteiger partial charge is 0.460 e. The molecule has 0 radical (unpaired) electrons. The minimum atomic E-state index is -0.258. The highest BCUT2D eigenvalue weighted by Gasteiger charge is 2.07. The van der Waals surface area contributed by atoms with Crippen molar-refractivity contribution in [3.05, 3.63) is 48.0 Å². The van der Waals surface area contributed by atoms with Crippen LogP contribution in [0.4, 0.5) is 4.39 Å². The molecule has 5 heteroatoms. The summed E-state index contributed by atoms with van der Waals surface area (Å²) in [6.07, 6.45) is 0.863. The third-order valence-corrected chi connectivity index (χ3v) is 3.07. The van der Waals surface area contributed by atoms with Gasteiger partial charge >= 0.3 is 0 Å². The number of nitrogens with one attached hydrogen (secondary N) is 1. The van der Waals surface area contributed by atoms with Gasteiger partial charge in [0, 0.05) is 11.6 Å². The topological polar surface area (TPSA) is 45.4 Å². The third kappa shape index (κ3) is 4.34. The van der Waals surface area contributed by atoms with Crippen LogP contribution in [-0.4, -0.2) is 17.8 Å². The first kappa shape index (κ1) is 16.7. The second-order valence-corrected chi connectivity index (χ2v) is 4.44. The first-order chi connectivity index (χ1) is 9.22. The van der Waals surface area contributed by atoms with Crippen LogP contribution in [0.25, 0.3) is 11.3 Å². The number of rotatable bonds is 6. The molecule has 20 heavy (non-hydrogen) atoms. The molecule has 0 aliphatic carbocycles. The van der Waals surface area contributed by atoms with Gasteiger partial charge in [0.1, 0.15) is 17.3 Å². The molecule has 3 nitrogen and oxygen atoms in total. The van der Waals surface area contributed by atoms with Crippen molar-refractivity contribution in [2.24, 2.45) is 0 Å². The smallest absolute Gasteiger partial charge is 0.134 e. The molecule has 110 valence electrons. The summed E-state index contributed by atoms with van der Waals surface area (Å²) in [5.41, 5.74) is 0.849. The van der Waals surface area contributed by atoms with E-state index >= 15 is 0 Å². The lowest BCUT2D eigenvalue weighted by molar-refractivity contribution is 0.235. The van der Waals surface area contributed by atoms with Gasteiger partial charge in [-0.05, 0) is 42.8 Å². The first-order valence-corrected chi connectivity index (χ1v) is 6.41. The molecule has 0 aliphatic heterocycles. The Labute approximate surface area is 124 Å². The summed E-state index contributed by atoms with van der Waals surface area (Å²) < 4.78 is 18.5. The van der Waals surface area contributed by atoms with Crippen molar-refractivity contribution in [2.75, 3.05) is 6.61 Å². The summed E-state index contributed by atoms with van der Waals surface area (Å²) in [5.74, 6) is 1.26. The fourth-order valence-electron chi connectivity index (χ4n) is 1.83. The quantitative estimate of drug-likeness (QED) is 0.859. The third-order valence-electron chi connectivity index (χ3n) is 3.07. The zero-order chi connectivity index (χ0) is 13.7. The standard InChI is InChI=1S/C15H18FNO2.ClH/c1-2-13(10-18)17-9-14-7-8-15(19-14)11-3-5-12(16)6-4-11;/h3-8,13,17-18H,2,9-10H2,1H3;1H. The number of benzene rings is 1. The van der Waals surface area contributed by atoms with Crippen molar-refractivity contribution in [2.45, 2.75) is 25.9 Å². The Morgan fingerprint density at radius 2 is 1.90 bits per heavy atom. The lowest BCUT2D eigenvalue weighted by Crippen LogP contribution is -2.30. The van der Waals surface area contributed by atoms with E-state index in [2.05, 4.69) is 5.32 Å².